The van der Waals surface area contributed by atoms with Crippen molar-refractivity contribution < 1.29 is 33.2 Å². The molecule has 3 aromatic rings. The van der Waals surface area contributed by atoms with Gasteiger partial charge in [0.15, 0.2) is 28.8 Å². The van der Waals surface area contributed by atoms with Crippen molar-refractivity contribution in [1.82, 2.24) is 0 Å². The lowest BCUT2D eigenvalue weighted by molar-refractivity contribution is -0.116. The van der Waals surface area contributed by atoms with Gasteiger partial charge in [0.1, 0.15) is 0 Å². The summed E-state index contributed by atoms with van der Waals surface area (Å²) in [5, 5.41) is 7.17. The van der Waals surface area contributed by atoms with Gasteiger partial charge in [-0.15, -0.1) is 0 Å². The predicted octanol–water partition coefficient (Wildman–Crippen LogP) is 5.72. The van der Waals surface area contributed by atoms with Crippen molar-refractivity contribution in [2.75, 3.05) is 53.3 Å². The zero-order valence-corrected chi connectivity index (χ0v) is 23.5. The van der Waals surface area contributed by atoms with Gasteiger partial charge in [0.2, 0.25) is 11.5 Å². The van der Waals surface area contributed by atoms with E-state index >= 15 is 0 Å². The van der Waals surface area contributed by atoms with Crippen LogP contribution in [0.3, 0.4) is 0 Å². The Balaban J connectivity index is 1.64. The fraction of sp³-hybridized carbons (Fsp3) is 0.323. The highest BCUT2D eigenvalue weighted by Gasteiger charge is 2.37. The van der Waals surface area contributed by atoms with Gasteiger partial charge in [-0.3, -0.25) is 4.79 Å². The molecule has 1 aliphatic heterocycles. The molecule has 9 nitrogen and oxygen atoms in total. The van der Waals surface area contributed by atoms with Crippen molar-refractivity contribution in [1.29, 1.82) is 0 Å². The number of benzene rings is 3. The smallest absolute Gasteiger partial charge is 0.203 e. The summed E-state index contributed by atoms with van der Waals surface area (Å²) in [6.45, 7) is 0. The highest BCUT2D eigenvalue weighted by atomic mass is 16.5. The van der Waals surface area contributed by atoms with Gasteiger partial charge < -0.3 is 39.1 Å². The highest BCUT2D eigenvalue weighted by Crippen LogP contribution is 2.49. The average molecular weight is 547 g/mol. The number of nitrogens with one attached hydrogen (secondary N) is 2. The minimum Gasteiger partial charge on any atom is -0.493 e. The van der Waals surface area contributed by atoms with Crippen LogP contribution in [0.2, 0.25) is 0 Å². The number of rotatable bonds is 8. The summed E-state index contributed by atoms with van der Waals surface area (Å²) < 4.78 is 33.5. The summed E-state index contributed by atoms with van der Waals surface area (Å²) in [6, 6.07) is 15.1. The fourth-order valence-corrected chi connectivity index (χ4v) is 5.58. The van der Waals surface area contributed by atoms with Crippen LogP contribution in [0.5, 0.6) is 34.5 Å². The standard InChI is InChI=1S/C31H34N2O7/c1-35-24-13-18(14-25(36-2)30(24)39-5)17-11-22-28(23(34)12-17)29(33-21-10-8-7-9-20(21)32-22)19-15-26(37-3)31(40-6)27(16-19)38-4/h7-10,13-17,29,32-33H,11-12H2,1-6H3. The Hall–Kier alpha value is -4.53. The Morgan fingerprint density at radius 2 is 1.15 bits per heavy atom. The van der Waals surface area contributed by atoms with Crippen molar-refractivity contribution in [3.8, 4) is 34.5 Å². The van der Waals surface area contributed by atoms with Crippen molar-refractivity contribution >= 4 is 17.2 Å². The van der Waals surface area contributed by atoms with Crippen LogP contribution in [0.25, 0.3) is 0 Å². The van der Waals surface area contributed by atoms with E-state index in [0.717, 1.165) is 28.2 Å². The van der Waals surface area contributed by atoms with Gasteiger partial charge in [-0.05, 0) is 59.9 Å². The third-order valence-corrected chi connectivity index (χ3v) is 7.49. The number of anilines is 2. The summed E-state index contributed by atoms with van der Waals surface area (Å²) >= 11 is 0. The lowest BCUT2D eigenvalue weighted by Crippen LogP contribution is -2.27. The van der Waals surface area contributed by atoms with E-state index in [1.807, 2.05) is 48.5 Å². The zero-order valence-electron chi connectivity index (χ0n) is 23.5. The number of para-hydroxylation sites is 2. The molecule has 0 amide bonds. The third kappa shape index (κ3) is 4.72. The van der Waals surface area contributed by atoms with Crippen LogP contribution < -0.4 is 39.1 Å². The van der Waals surface area contributed by atoms with E-state index in [1.54, 1.807) is 42.7 Å². The first kappa shape index (κ1) is 27.1. The van der Waals surface area contributed by atoms with Crippen LogP contribution in [-0.2, 0) is 4.79 Å². The van der Waals surface area contributed by atoms with Crippen LogP contribution >= 0.6 is 0 Å². The Morgan fingerprint density at radius 3 is 1.65 bits per heavy atom. The number of allylic oxidation sites excluding steroid dienone is 1. The van der Waals surface area contributed by atoms with Crippen molar-refractivity contribution in [2.45, 2.75) is 24.8 Å². The summed E-state index contributed by atoms with van der Waals surface area (Å²) in [4.78, 5) is 14.1. The second-order valence-corrected chi connectivity index (χ2v) is 9.59. The molecule has 2 unspecified atom stereocenters. The largest absolute Gasteiger partial charge is 0.493 e. The first-order valence-electron chi connectivity index (χ1n) is 12.9. The van der Waals surface area contributed by atoms with E-state index < -0.39 is 6.04 Å². The second-order valence-electron chi connectivity index (χ2n) is 9.59. The van der Waals surface area contributed by atoms with Gasteiger partial charge in [-0.1, -0.05) is 12.1 Å². The maximum atomic E-state index is 14.1. The SMILES string of the molecule is COc1cc(C2CC(=O)C3=C(C2)Nc2ccccc2NC3c2cc(OC)c(OC)c(OC)c2)cc(OC)c1OC. The molecule has 2 aliphatic rings. The number of hydrogen-bond acceptors (Lipinski definition) is 9. The maximum Gasteiger partial charge on any atom is 0.203 e. The minimum absolute atomic E-state index is 0.0339. The minimum atomic E-state index is -0.451. The van der Waals surface area contributed by atoms with E-state index in [2.05, 4.69) is 10.6 Å². The molecule has 2 N–H and O–H groups in total. The van der Waals surface area contributed by atoms with E-state index in [1.165, 1.54) is 0 Å². The molecular formula is C31H34N2O7. The van der Waals surface area contributed by atoms with Crippen LogP contribution in [0.1, 0.15) is 35.9 Å². The van der Waals surface area contributed by atoms with E-state index in [0.29, 0.717) is 52.9 Å². The molecule has 5 rings (SSSR count). The van der Waals surface area contributed by atoms with Gasteiger partial charge in [0.25, 0.3) is 0 Å². The van der Waals surface area contributed by atoms with E-state index in [4.69, 9.17) is 28.4 Å². The second kappa shape index (κ2) is 11.3. The normalized spacial score (nSPS) is 17.9. The first-order chi connectivity index (χ1) is 19.5. The van der Waals surface area contributed by atoms with Crippen molar-refractivity contribution in [3.05, 3.63) is 70.9 Å². The zero-order chi connectivity index (χ0) is 28.4. The average Bonchev–Trinajstić information content (AvgIpc) is 3.16. The van der Waals surface area contributed by atoms with E-state index in [9.17, 15) is 4.79 Å². The van der Waals surface area contributed by atoms with Crippen LogP contribution in [-0.4, -0.2) is 48.4 Å². The number of fused-ring (bicyclic) bond motifs is 1. The number of carbonyl (C=O) groups is 1. The van der Waals surface area contributed by atoms with Crippen LogP contribution in [0, 0.1) is 0 Å². The van der Waals surface area contributed by atoms with Crippen LogP contribution in [0.4, 0.5) is 11.4 Å². The molecule has 0 saturated heterocycles. The van der Waals surface area contributed by atoms with Gasteiger partial charge in [0.05, 0.1) is 60.1 Å². The Morgan fingerprint density at radius 1 is 0.650 bits per heavy atom. The number of ether oxygens (including phenoxy) is 6. The lowest BCUT2D eigenvalue weighted by Gasteiger charge is -2.30. The number of hydrogen-bond donors (Lipinski definition) is 2. The van der Waals surface area contributed by atoms with Gasteiger partial charge in [0, 0.05) is 17.7 Å². The van der Waals surface area contributed by atoms with Gasteiger partial charge >= 0.3 is 0 Å². The summed E-state index contributed by atoms with van der Waals surface area (Å²) in [7, 11) is 9.48. The molecule has 40 heavy (non-hydrogen) atoms. The first-order valence-corrected chi connectivity index (χ1v) is 12.9. The molecule has 210 valence electrons. The molecule has 0 aromatic heterocycles. The maximum absolute atomic E-state index is 14.1. The summed E-state index contributed by atoms with van der Waals surface area (Å²) in [6.07, 6.45) is 0.925. The molecule has 1 heterocycles. The molecule has 2 atom stereocenters. The molecule has 0 saturated carbocycles. The Bertz CT molecular complexity index is 1420. The predicted molar refractivity (Wildman–Crippen MR) is 153 cm³/mol. The van der Waals surface area contributed by atoms with Gasteiger partial charge in [-0.2, -0.15) is 0 Å². The molecule has 1 aliphatic carbocycles. The Kier molecular flexibility index (Phi) is 7.64. The molecule has 0 radical (unpaired) electrons. The fourth-order valence-electron chi connectivity index (χ4n) is 5.58. The lowest BCUT2D eigenvalue weighted by atomic mass is 9.78. The van der Waals surface area contributed by atoms with Crippen LogP contribution in [0.15, 0.2) is 59.8 Å². The number of ketones is 1. The van der Waals surface area contributed by atoms with Gasteiger partial charge in [-0.25, -0.2) is 0 Å². The molecule has 0 spiro atoms. The quantitative estimate of drug-likeness (QED) is 0.368. The number of carbonyl (C=O) groups excluding carboxylic acids is 1. The monoisotopic (exact) mass is 546 g/mol. The van der Waals surface area contributed by atoms with E-state index in [-0.39, 0.29) is 11.7 Å². The van der Waals surface area contributed by atoms with Crippen molar-refractivity contribution in [3.63, 3.8) is 0 Å². The third-order valence-electron chi connectivity index (χ3n) is 7.49. The summed E-state index contributed by atoms with van der Waals surface area (Å²) in [5.41, 5.74) is 5.06. The molecule has 0 bridgehead atoms. The van der Waals surface area contributed by atoms with Crippen molar-refractivity contribution in [2.24, 2.45) is 0 Å². The number of Topliss-reactive ketones (excluding diaryl/α,β-unsaturated/α-hetero) is 1. The number of methoxy groups -OCH3 is 6. The molecule has 3 aromatic carbocycles. The molecule has 0 fully saturated rings. The molecule has 9 heteroatoms. The Labute approximate surface area is 234 Å². The summed E-state index contributed by atoms with van der Waals surface area (Å²) in [5.74, 6) is 3.09. The topological polar surface area (TPSA) is 96.5 Å². The highest BCUT2D eigenvalue weighted by molar-refractivity contribution is 6.01. The molecular weight excluding hydrogens is 512 g/mol.